The van der Waals surface area contributed by atoms with Crippen LogP contribution in [0.4, 0.5) is 11.5 Å². The first-order valence-electron chi connectivity index (χ1n) is 5.52. The van der Waals surface area contributed by atoms with Crippen molar-refractivity contribution in [3.8, 4) is 0 Å². The highest BCUT2D eigenvalue weighted by molar-refractivity contribution is 6.31. The van der Waals surface area contributed by atoms with E-state index in [1.165, 1.54) is 6.33 Å². The van der Waals surface area contributed by atoms with Crippen LogP contribution in [0.3, 0.4) is 0 Å². The van der Waals surface area contributed by atoms with Gasteiger partial charge in [-0.25, -0.2) is 9.97 Å². The topological polar surface area (TPSA) is 81.0 Å². The lowest BCUT2D eigenvalue weighted by molar-refractivity contribution is -0.384. The van der Waals surface area contributed by atoms with Gasteiger partial charge in [0.2, 0.25) is 11.0 Å². The summed E-state index contributed by atoms with van der Waals surface area (Å²) in [5.41, 5.74) is 1.84. The Morgan fingerprint density at radius 1 is 1.32 bits per heavy atom. The minimum Gasteiger partial charge on any atom is -0.360 e. The maximum atomic E-state index is 10.9. The molecule has 1 aromatic heterocycles. The van der Waals surface area contributed by atoms with Gasteiger partial charge in [-0.05, 0) is 12.5 Å². The molecule has 0 aliphatic rings. The molecule has 0 spiro atoms. The molecule has 0 fully saturated rings. The minimum atomic E-state index is -0.597. The van der Waals surface area contributed by atoms with Gasteiger partial charge in [0.15, 0.2) is 0 Å². The fraction of sp³-hybridized carbons (Fsp3) is 0.167. The Morgan fingerprint density at radius 3 is 2.63 bits per heavy atom. The van der Waals surface area contributed by atoms with Gasteiger partial charge in [0.25, 0.3) is 0 Å². The van der Waals surface area contributed by atoms with Gasteiger partial charge in [0, 0.05) is 6.54 Å². The summed E-state index contributed by atoms with van der Waals surface area (Å²) >= 11 is 5.69. The van der Waals surface area contributed by atoms with Crippen molar-refractivity contribution >= 4 is 23.1 Å². The summed E-state index contributed by atoms with van der Waals surface area (Å²) in [4.78, 5) is 17.7. The second-order valence-electron chi connectivity index (χ2n) is 3.96. The van der Waals surface area contributed by atoms with E-state index in [-0.39, 0.29) is 16.7 Å². The maximum absolute atomic E-state index is 10.9. The molecule has 6 nitrogen and oxygen atoms in total. The zero-order chi connectivity index (χ0) is 13.8. The van der Waals surface area contributed by atoms with Crippen molar-refractivity contribution < 1.29 is 4.92 Å². The van der Waals surface area contributed by atoms with E-state index < -0.39 is 4.92 Å². The van der Waals surface area contributed by atoms with Crippen LogP contribution in [0, 0.1) is 17.0 Å². The van der Waals surface area contributed by atoms with E-state index in [4.69, 9.17) is 11.6 Å². The predicted octanol–water partition coefficient (Wildman–Crippen LogP) is 2.96. The number of nitrogens with one attached hydrogen (secondary N) is 1. The van der Waals surface area contributed by atoms with Crippen LogP contribution in [0.25, 0.3) is 0 Å². The minimum absolute atomic E-state index is 0.116. The van der Waals surface area contributed by atoms with Gasteiger partial charge < -0.3 is 5.32 Å². The van der Waals surface area contributed by atoms with Crippen LogP contribution in [0.15, 0.2) is 30.6 Å². The van der Waals surface area contributed by atoms with Crippen LogP contribution < -0.4 is 5.32 Å². The van der Waals surface area contributed by atoms with Crippen LogP contribution >= 0.6 is 11.6 Å². The van der Waals surface area contributed by atoms with Crippen molar-refractivity contribution in [2.45, 2.75) is 13.5 Å². The summed E-state index contributed by atoms with van der Waals surface area (Å²) in [6.07, 6.45) is 1.19. The molecule has 0 saturated heterocycles. The molecule has 2 aromatic rings. The van der Waals surface area contributed by atoms with Gasteiger partial charge in [-0.1, -0.05) is 41.4 Å². The Labute approximate surface area is 114 Å². The summed E-state index contributed by atoms with van der Waals surface area (Å²) in [6, 6.07) is 7.82. The fourth-order valence-corrected chi connectivity index (χ4v) is 1.74. The van der Waals surface area contributed by atoms with Gasteiger partial charge in [-0.2, -0.15) is 0 Å². The first-order chi connectivity index (χ1) is 9.08. The van der Waals surface area contributed by atoms with Crippen molar-refractivity contribution in [1.82, 2.24) is 9.97 Å². The van der Waals surface area contributed by atoms with Crippen LogP contribution in [0.1, 0.15) is 11.1 Å². The molecule has 0 atom stereocenters. The van der Waals surface area contributed by atoms with Gasteiger partial charge in [-0.3, -0.25) is 10.1 Å². The lowest BCUT2D eigenvalue weighted by Gasteiger charge is -2.06. The van der Waals surface area contributed by atoms with Crippen molar-refractivity contribution in [2.24, 2.45) is 0 Å². The summed E-state index contributed by atoms with van der Waals surface area (Å²) in [6.45, 7) is 2.42. The molecule has 98 valence electrons. The highest BCUT2D eigenvalue weighted by atomic mass is 35.5. The van der Waals surface area contributed by atoms with E-state index in [1.807, 2.05) is 31.2 Å². The van der Waals surface area contributed by atoms with Crippen LogP contribution in [-0.2, 0) is 6.54 Å². The third-order valence-corrected chi connectivity index (χ3v) is 2.82. The monoisotopic (exact) mass is 278 g/mol. The number of aryl methyl sites for hydroxylation is 1. The van der Waals surface area contributed by atoms with E-state index in [0.29, 0.717) is 6.54 Å². The van der Waals surface area contributed by atoms with Crippen molar-refractivity contribution in [3.05, 3.63) is 57.0 Å². The number of anilines is 1. The zero-order valence-electron chi connectivity index (χ0n) is 10.1. The average Bonchev–Trinajstić information content (AvgIpc) is 2.37. The number of aromatic nitrogens is 2. The third-order valence-electron chi connectivity index (χ3n) is 2.54. The molecule has 2 rings (SSSR count). The molecule has 0 unspecified atom stereocenters. The number of hydrogen-bond donors (Lipinski definition) is 1. The van der Waals surface area contributed by atoms with Crippen molar-refractivity contribution in [3.63, 3.8) is 0 Å². The summed E-state index contributed by atoms with van der Waals surface area (Å²) in [5, 5.41) is 13.6. The summed E-state index contributed by atoms with van der Waals surface area (Å²) < 4.78 is 0. The normalized spacial score (nSPS) is 10.2. The molecule has 0 aliphatic carbocycles. The highest BCUT2D eigenvalue weighted by Crippen LogP contribution is 2.28. The number of nitrogens with zero attached hydrogens (tertiary/aromatic N) is 3. The van der Waals surface area contributed by atoms with E-state index in [2.05, 4.69) is 15.3 Å². The Bertz CT molecular complexity index is 601. The molecule has 0 radical (unpaired) electrons. The number of rotatable bonds is 4. The second kappa shape index (κ2) is 5.62. The zero-order valence-corrected chi connectivity index (χ0v) is 10.9. The first kappa shape index (κ1) is 13.2. The molecule has 7 heteroatoms. The Balaban J connectivity index is 2.18. The smallest absolute Gasteiger partial charge is 0.348 e. The van der Waals surface area contributed by atoms with Gasteiger partial charge in [-0.15, -0.1) is 0 Å². The number of hydrogen-bond acceptors (Lipinski definition) is 5. The molecule has 1 heterocycles. The third kappa shape index (κ3) is 3.17. The molecule has 0 saturated carbocycles. The van der Waals surface area contributed by atoms with Crippen molar-refractivity contribution in [1.29, 1.82) is 0 Å². The van der Waals surface area contributed by atoms with Crippen LogP contribution in [0.2, 0.25) is 5.15 Å². The van der Waals surface area contributed by atoms with E-state index >= 15 is 0 Å². The number of halogens is 1. The Morgan fingerprint density at radius 2 is 2.00 bits per heavy atom. The molecular formula is C12H11ClN4O2. The van der Waals surface area contributed by atoms with E-state index in [0.717, 1.165) is 11.1 Å². The number of nitro groups is 1. The quantitative estimate of drug-likeness (QED) is 0.528. The predicted molar refractivity (Wildman–Crippen MR) is 72.2 cm³/mol. The van der Waals surface area contributed by atoms with Crippen molar-refractivity contribution in [2.75, 3.05) is 5.32 Å². The van der Waals surface area contributed by atoms with Gasteiger partial charge >= 0.3 is 5.69 Å². The molecule has 0 amide bonds. The summed E-state index contributed by atoms with van der Waals surface area (Å²) in [7, 11) is 0. The molecule has 1 aromatic carbocycles. The van der Waals surface area contributed by atoms with E-state index in [9.17, 15) is 10.1 Å². The second-order valence-corrected chi connectivity index (χ2v) is 4.32. The van der Waals surface area contributed by atoms with Gasteiger partial charge in [0.05, 0.1) is 4.92 Å². The molecule has 0 aliphatic heterocycles. The lowest BCUT2D eigenvalue weighted by Crippen LogP contribution is -2.05. The lowest BCUT2D eigenvalue weighted by atomic mass is 10.1. The molecule has 1 N–H and O–H groups in total. The van der Waals surface area contributed by atoms with Crippen LogP contribution in [0.5, 0.6) is 0 Å². The highest BCUT2D eigenvalue weighted by Gasteiger charge is 2.20. The Hall–Kier alpha value is -2.21. The molecular weight excluding hydrogens is 268 g/mol. The molecule has 0 bridgehead atoms. The fourth-order valence-electron chi connectivity index (χ4n) is 1.54. The number of benzene rings is 1. The molecule has 19 heavy (non-hydrogen) atoms. The average molecular weight is 279 g/mol. The maximum Gasteiger partial charge on any atom is 0.348 e. The van der Waals surface area contributed by atoms with E-state index in [1.54, 1.807) is 0 Å². The van der Waals surface area contributed by atoms with Gasteiger partial charge in [0.1, 0.15) is 6.33 Å². The standard InChI is InChI=1S/C12H11ClN4O2/c1-8-2-4-9(5-3-8)6-14-12-10(17(18)19)11(13)15-7-16-12/h2-5,7H,6H2,1H3,(H,14,15,16). The SMILES string of the molecule is Cc1ccc(CNc2ncnc(Cl)c2[N+](=O)[O-])cc1. The Kier molecular flexibility index (Phi) is 3.91. The summed E-state index contributed by atoms with van der Waals surface area (Å²) in [5.74, 6) is 0.116. The largest absolute Gasteiger partial charge is 0.360 e. The first-order valence-corrected chi connectivity index (χ1v) is 5.90. The van der Waals surface area contributed by atoms with Crippen LogP contribution in [-0.4, -0.2) is 14.9 Å².